The second-order valence-corrected chi connectivity index (χ2v) is 3.09. The maximum Gasteiger partial charge on any atom is 0.0612 e. The average Bonchev–Trinajstić information content (AvgIpc) is 1.98. The highest BCUT2D eigenvalue weighted by Gasteiger charge is 1.96. The summed E-state index contributed by atoms with van der Waals surface area (Å²) in [6.45, 7) is 0. The van der Waals surface area contributed by atoms with Gasteiger partial charge < -0.3 is 5.32 Å². The summed E-state index contributed by atoms with van der Waals surface area (Å²) in [5, 5.41) is 4.12. The molecule has 1 N–H and O–H groups in total. The summed E-state index contributed by atoms with van der Waals surface area (Å²) in [5.74, 6) is 0.581. The van der Waals surface area contributed by atoms with Crippen molar-refractivity contribution in [3.8, 4) is 0 Å². The van der Waals surface area contributed by atoms with Crippen molar-refractivity contribution in [3.63, 3.8) is 0 Å². The Kier molecular flexibility index (Phi) is 3.37. The van der Waals surface area contributed by atoms with Crippen LogP contribution < -0.4 is 5.32 Å². The van der Waals surface area contributed by atoms with E-state index in [1.807, 2.05) is 6.07 Å². The second kappa shape index (κ2) is 4.10. The van der Waals surface area contributed by atoms with Crippen molar-refractivity contribution in [2.45, 2.75) is 0 Å². The minimum atomic E-state index is 0.554. The van der Waals surface area contributed by atoms with Gasteiger partial charge in [-0.05, 0) is 18.2 Å². The van der Waals surface area contributed by atoms with Gasteiger partial charge in [0.15, 0.2) is 0 Å². The third-order valence-electron chi connectivity index (χ3n) is 1.20. The van der Waals surface area contributed by atoms with E-state index in [4.69, 9.17) is 23.2 Å². The standard InChI is InChI=1S/C7H7Cl2NS/c8-6-2-1-5(10-4-11)3-7(6)9/h1-3,10-11H,4H2. The van der Waals surface area contributed by atoms with E-state index in [9.17, 15) is 0 Å². The zero-order chi connectivity index (χ0) is 8.27. The van der Waals surface area contributed by atoms with Crippen LogP contribution in [0.15, 0.2) is 18.2 Å². The summed E-state index contributed by atoms with van der Waals surface area (Å²) >= 11 is 15.5. The quantitative estimate of drug-likeness (QED) is 0.561. The van der Waals surface area contributed by atoms with Crippen molar-refractivity contribution in [1.29, 1.82) is 0 Å². The van der Waals surface area contributed by atoms with Crippen molar-refractivity contribution in [1.82, 2.24) is 0 Å². The van der Waals surface area contributed by atoms with Gasteiger partial charge in [-0.3, -0.25) is 0 Å². The summed E-state index contributed by atoms with van der Waals surface area (Å²) in [6, 6.07) is 5.36. The summed E-state index contributed by atoms with van der Waals surface area (Å²) in [4.78, 5) is 0. The monoisotopic (exact) mass is 207 g/mol. The lowest BCUT2D eigenvalue weighted by molar-refractivity contribution is 1.47. The number of rotatable bonds is 2. The third kappa shape index (κ3) is 2.47. The van der Waals surface area contributed by atoms with Gasteiger partial charge in [-0.15, -0.1) is 0 Å². The number of hydrogen-bond donors (Lipinski definition) is 2. The third-order valence-corrected chi connectivity index (χ3v) is 2.10. The van der Waals surface area contributed by atoms with Crippen LogP contribution in [-0.4, -0.2) is 5.88 Å². The molecule has 0 amide bonds. The van der Waals surface area contributed by atoms with E-state index in [1.54, 1.807) is 12.1 Å². The molecule has 0 bridgehead atoms. The van der Waals surface area contributed by atoms with Gasteiger partial charge in [-0.2, -0.15) is 12.6 Å². The van der Waals surface area contributed by atoms with Crippen molar-refractivity contribution in [3.05, 3.63) is 28.2 Å². The summed E-state index contributed by atoms with van der Waals surface area (Å²) in [7, 11) is 0. The van der Waals surface area contributed by atoms with E-state index >= 15 is 0 Å². The van der Waals surface area contributed by atoms with Gasteiger partial charge in [-0.1, -0.05) is 23.2 Å². The molecule has 1 rings (SSSR count). The molecule has 1 aromatic rings. The van der Waals surface area contributed by atoms with Gasteiger partial charge >= 0.3 is 0 Å². The number of anilines is 1. The highest BCUT2D eigenvalue weighted by Crippen LogP contribution is 2.24. The first-order chi connectivity index (χ1) is 5.24. The minimum Gasteiger partial charge on any atom is -0.376 e. The fraction of sp³-hybridized carbons (Fsp3) is 0.143. The number of nitrogens with one attached hydrogen (secondary N) is 1. The molecule has 0 saturated carbocycles. The molecule has 0 saturated heterocycles. The smallest absolute Gasteiger partial charge is 0.0612 e. The zero-order valence-corrected chi connectivity index (χ0v) is 8.05. The number of thiol groups is 1. The van der Waals surface area contributed by atoms with Gasteiger partial charge in [0.25, 0.3) is 0 Å². The molecule has 0 aromatic heterocycles. The molecule has 0 aliphatic carbocycles. The molecule has 60 valence electrons. The Morgan fingerprint density at radius 3 is 2.55 bits per heavy atom. The topological polar surface area (TPSA) is 12.0 Å². The first kappa shape index (κ1) is 9.04. The molecule has 0 fully saturated rings. The number of hydrogen-bond acceptors (Lipinski definition) is 2. The molecule has 11 heavy (non-hydrogen) atoms. The fourth-order valence-corrected chi connectivity index (χ4v) is 1.18. The lowest BCUT2D eigenvalue weighted by Crippen LogP contribution is -1.93. The van der Waals surface area contributed by atoms with E-state index < -0.39 is 0 Å². The Hall–Kier alpha value is -0.0500. The number of benzene rings is 1. The number of halogens is 2. The van der Waals surface area contributed by atoms with Crippen LogP contribution >= 0.6 is 35.8 Å². The van der Waals surface area contributed by atoms with Crippen molar-refractivity contribution >= 4 is 41.5 Å². The first-order valence-electron chi connectivity index (χ1n) is 3.04. The predicted molar refractivity (Wildman–Crippen MR) is 53.9 cm³/mol. The molecule has 0 aliphatic rings. The molecule has 0 spiro atoms. The molecule has 0 aliphatic heterocycles. The summed E-state index contributed by atoms with van der Waals surface area (Å²) in [6.07, 6.45) is 0. The van der Waals surface area contributed by atoms with Crippen molar-refractivity contribution in [2.75, 3.05) is 11.2 Å². The van der Waals surface area contributed by atoms with Gasteiger partial charge in [0.05, 0.1) is 15.9 Å². The van der Waals surface area contributed by atoms with E-state index in [1.165, 1.54) is 0 Å². The lowest BCUT2D eigenvalue weighted by atomic mass is 10.3. The Morgan fingerprint density at radius 1 is 1.27 bits per heavy atom. The van der Waals surface area contributed by atoms with Crippen LogP contribution in [0, 0.1) is 0 Å². The maximum atomic E-state index is 5.75. The molecular formula is C7H7Cl2NS. The van der Waals surface area contributed by atoms with Gasteiger partial charge in [0.2, 0.25) is 0 Å². The fourth-order valence-electron chi connectivity index (χ4n) is 0.697. The van der Waals surface area contributed by atoms with Gasteiger partial charge in [-0.25, -0.2) is 0 Å². The van der Waals surface area contributed by atoms with Gasteiger partial charge in [0.1, 0.15) is 0 Å². The Labute approximate surface area is 81.1 Å². The molecule has 0 radical (unpaired) electrons. The van der Waals surface area contributed by atoms with Crippen LogP contribution in [0.25, 0.3) is 0 Å². The van der Waals surface area contributed by atoms with E-state index in [-0.39, 0.29) is 0 Å². The van der Waals surface area contributed by atoms with E-state index in [2.05, 4.69) is 17.9 Å². The van der Waals surface area contributed by atoms with Crippen LogP contribution in [0.5, 0.6) is 0 Å². The lowest BCUT2D eigenvalue weighted by Gasteiger charge is -2.02. The predicted octanol–water partition coefficient (Wildman–Crippen LogP) is 3.29. The zero-order valence-electron chi connectivity index (χ0n) is 5.64. The molecule has 0 unspecified atom stereocenters. The summed E-state index contributed by atoms with van der Waals surface area (Å²) in [5.41, 5.74) is 0.925. The molecule has 1 aromatic carbocycles. The summed E-state index contributed by atoms with van der Waals surface area (Å²) < 4.78 is 0. The van der Waals surface area contributed by atoms with Crippen molar-refractivity contribution < 1.29 is 0 Å². The van der Waals surface area contributed by atoms with Crippen LogP contribution in [0.4, 0.5) is 5.69 Å². The van der Waals surface area contributed by atoms with Crippen LogP contribution in [-0.2, 0) is 0 Å². The molecule has 0 atom stereocenters. The largest absolute Gasteiger partial charge is 0.376 e. The van der Waals surface area contributed by atoms with Gasteiger partial charge in [0, 0.05) is 5.69 Å². The molecule has 4 heteroatoms. The first-order valence-corrected chi connectivity index (χ1v) is 4.42. The molecular weight excluding hydrogens is 201 g/mol. The Bertz CT molecular complexity index is 252. The highest BCUT2D eigenvalue weighted by atomic mass is 35.5. The SMILES string of the molecule is SCNc1ccc(Cl)c(Cl)c1. The second-order valence-electron chi connectivity index (χ2n) is 1.96. The van der Waals surface area contributed by atoms with E-state index in [0.717, 1.165) is 5.69 Å². The normalized spacial score (nSPS) is 9.73. The van der Waals surface area contributed by atoms with E-state index in [0.29, 0.717) is 15.9 Å². The average molecular weight is 208 g/mol. The molecule has 1 nitrogen and oxygen atoms in total. The Balaban J connectivity index is 2.86. The van der Waals surface area contributed by atoms with Crippen molar-refractivity contribution in [2.24, 2.45) is 0 Å². The maximum absolute atomic E-state index is 5.75. The molecule has 0 heterocycles. The highest BCUT2D eigenvalue weighted by molar-refractivity contribution is 7.80. The van der Waals surface area contributed by atoms with Crippen LogP contribution in [0.1, 0.15) is 0 Å². The Morgan fingerprint density at radius 2 is 2.00 bits per heavy atom. The van der Waals surface area contributed by atoms with Crippen LogP contribution in [0.3, 0.4) is 0 Å². The van der Waals surface area contributed by atoms with Crippen LogP contribution in [0.2, 0.25) is 10.0 Å². The minimum absolute atomic E-state index is 0.554.